The van der Waals surface area contributed by atoms with Gasteiger partial charge in [-0.3, -0.25) is 4.79 Å². The zero-order valence-electron chi connectivity index (χ0n) is 11.4. The molecular formula is C12H17F3N4O. The number of aryl methyl sites for hydroxylation is 2. The molecule has 1 aromatic heterocycles. The Hall–Kier alpha value is -1.57. The quantitative estimate of drug-likeness (QED) is 0.841. The lowest BCUT2D eigenvalue weighted by atomic mass is 9.87. The fourth-order valence-corrected chi connectivity index (χ4v) is 2.44. The van der Waals surface area contributed by atoms with Gasteiger partial charge in [0.1, 0.15) is 5.82 Å². The third-order valence-corrected chi connectivity index (χ3v) is 3.67. The summed E-state index contributed by atoms with van der Waals surface area (Å²) in [6.45, 7) is 1.69. The first-order valence-electron chi connectivity index (χ1n) is 6.29. The monoisotopic (exact) mass is 290 g/mol. The first kappa shape index (κ1) is 14.8. The second kappa shape index (κ2) is 4.76. The second-order valence-electron chi connectivity index (χ2n) is 5.27. The number of carbonyl (C=O) groups excluding carboxylic acids is 1. The maximum atomic E-state index is 12.5. The standard InChI is InChI=1S/C12H17F3N4O/c1-8-17-9(6-18(8)2)11(16)4-3-5-19(7-11)10(20)12(13,14)15/h6H,3-5,7,16H2,1-2H3. The Morgan fingerprint density at radius 3 is 2.65 bits per heavy atom. The number of alkyl halides is 3. The minimum atomic E-state index is -4.86. The summed E-state index contributed by atoms with van der Waals surface area (Å²) in [6.07, 6.45) is -2.23. The third kappa shape index (κ3) is 2.65. The zero-order chi connectivity index (χ0) is 15.1. The smallest absolute Gasteiger partial charge is 0.338 e. The lowest BCUT2D eigenvalue weighted by Gasteiger charge is -2.39. The average Bonchev–Trinajstić information content (AvgIpc) is 2.68. The van der Waals surface area contributed by atoms with Gasteiger partial charge in [-0.05, 0) is 19.8 Å². The number of rotatable bonds is 1. The van der Waals surface area contributed by atoms with Crippen molar-refractivity contribution in [2.75, 3.05) is 13.1 Å². The highest BCUT2D eigenvalue weighted by molar-refractivity contribution is 5.82. The molecule has 1 unspecified atom stereocenters. The Bertz CT molecular complexity index is 506. The van der Waals surface area contributed by atoms with Gasteiger partial charge in [-0.2, -0.15) is 13.2 Å². The number of piperidine rings is 1. The van der Waals surface area contributed by atoms with Gasteiger partial charge in [0.2, 0.25) is 0 Å². The molecular weight excluding hydrogens is 273 g/mol. The fourth-order valence-electron chi connectivity index (χ4n) is 2.44. The van der Waals surface area contributed by atoms with Crippen LogP contribution in [0.5, 0.6) is 0 Å². The first-order valence-corrected chi connectivity index (χ1v) is 6.29. The van der Waals surface area contributed by atoms with Crippen LogP contribution >= 0.6 is 0 Å². The van der Waals surface area contributed by atoms with Gasteiger partial charge in [0.15, 0.2) is 0 Å². The Morgan fingerprint density at radius 1 is 1.50 bits per heavy atom. The number of carbonyl (C=O) groups is 1. The Kier molecular flexibility index (Phi) is 3.53. The van der Waals surface area contributed by atoms with Gasteiger partial charge in [-0.15, -0.1) is 0 Å². The number of halogens is 3. The summed E-state index contributed by atoms with van der Waals surface area (Å²) in [6, 6.07) is 0. The summed E-state index contributed by atoms with van der Waals surface area (Å²) in [5, 5.41) is 0. The van der Waals surface area contributed by atoms with Crippen molar-refractivity contribution in [1.82, 2.24) is 14.5 Å². The van der Waals surface area contributed by atoms with E-state index in [-0.39, 0.29) is 13.1 Å². The number of imidazole rings is 1. The van der Waals surface area contributed by atoms with Gasteiger partial charge in [-0.1, -0.05) is 0 Å². The van der Waals surface area contributed by atoms with E-state index in [1.54, 1.807) is 24.7 Å². The molecule has 1 amide bonds. The van der Waals surface area contributed by atoms with Crippen LogP contribution in [0, 0.1) is 6.92 Å². The minimum absolute atomic E-state index is 0.0725. The van der Waals surface area contributed by atoms with Crippen LogP contribution in [0.3, 0.4) is 0 Å². The Balaban J connectivity index is 2.23. The summed E-state index contributed by atoms with van der Waals surface area (Å²) in [4.78, 5) is 16.4. The van der Waals surface area contributed by atoms with Crippen molar-refractivity contribution in [1.29, 1.82) is 0 Å². The highest BCUT2D eigenvalue weighted by Crippen LogP contribution is 2.30. The Morgan fingerprint density at radius 2 is 2.15 bits per heavy atom. The molecule has 2 rings (SSSR count). The summed E-state index contributed by atoms with van der Waals surface area (Å²) >= 11 is 0. The molecule has 0 bridgehead atoms. The van der Waals surface area contributed by atoms with Crippen LogP contribution in [0.15, 0.2) is 6.20 Å². The van der Waals surface area contributed by atoms with Gasteiger partial charge < -0.3 is 15.2 Å². The maximum absolute atomic E-state index is 12.5. The van der Waals surface area contributed by atoms with Gasteiger partial charge >= 0.3 is 12.1 Å². The molecule has 1 aromatic rings. The van der Waals surface area contributed by atoms with Crippen LogP contribution in [0.25, 0.3) is 0 Å². The van der Waals surface area contributed by atoms with Gasteiger partial charge in [-0.25, -0.2) is 4.98 Å². The number of hydrogen-bond acceptors (Lipinski definition) is 3. The largest absolute Gasteiger partial charge is 0.471 e. The van der Waals surface area contributed by atoms with E-state index in [0.717, 1.165) is 10.7 Å². The lowest BCUT2D eigenvalue weighted by Crippen LogP contribution is -2.56. The minimum Gasteiger partial charge on any atom is -0.338 e. The number of nitrogens with zero attached hydrogens (tertiary/aromatic N) is 3. The lowest BCUT2D eigenvalue weighted by molar-refractivity contribution is -0.187. The number of amides is 1. The number of likely N-dealkylation sites (tertiary alicyclic amines) is 1. The van der Waals surface area contributed by atoms with Gasteiger partial charge in [0.25, 0.3) is 0 Å². The molecule has 1 atom stereocenters. The number of nitrogens with two attached hydrogens (primary N) is 1. The predicted molar refractivity (Wildman–Crippen MR) is 65.7 cm³/mol. The molecule has 1 saturated heterocycles. The topological polar surface area (TPSA) is 64.2 Å². The van der Waals surface area contributed by atoms with Crippen LogP contribution in [0.2, 0.25) is 0 Å². The second-order valence-corrected chi connectivity index (χ2v) is 5.27. The summed E-state index contributed by atoms with van der Waals surface area (Å²) in [5.74, 6) is -1.11. The molecule has 1 aliphatic heterocycles. The molecule has 8 heteroatoms. The SMILES string of the molecule is Cc1nc(C2(N)CCCN(C(=O)C(F)(F)F)C2)cn1C. The molecule has 1 aliphatic rings. The number of aromatic nitrogens is 2. The van der Waals surface area contributed by atoms with Crippen molar-refractivity contribution in [3.05, 3.63) is 17.7 Å². The van der Waals surface area contributed by atoms with Crippen molar-refractivity contribution in [2.24, 2.45) is 12.8 Å². The van der Waals surface area contributed by atoms with Crippen molar-refractivity contribution in [3.63, 3.8) is 0 Å². The fraction of sp³-hybridized carbons (Fsp3) is 0.667. The molecule has 0 aliphatic carbocycles. The van der Waals surface area contributed by atoms with Crippen LogP contribution in [0.4, 0.5) is 13.2 Å². The normalized spacial score (nSPS) is 24.0. The highest BCUT2D eigenvalue weighted by atomic mass is 19.4. The molecule has 0 aromatic carbocycles. The van der Waals surface area contributed by atoms with Crippen LogP contribution < -0.4 is 5.73 Å². The van der Waals surface area contributed by atoms with Crippen LogP contribution in [-0.2, 0) is 17.4 Å². The molecule has 0 spiro atoms. The highest BCUT2D eigenvalue weighted by Gasteiger charge is 2.46. The zero-order valence-corrected chi connectivity index (χ0v) is 11.4. The molecule has 2 N–H and O–H groups in total. The number of hydrogen-bond donors (Lipinski definition) is 1. The molecule has 20 heavy (non-hydrogen) atoms. The van der Waals surface area contributed by atoms with E-state index in [0.29, 0.717) is 18.5 Å². The summed E-state index contributed by atoms with van der Waals surface area (Å²) < 4.78 is 39.3. The van der Waals surface area contributed by atoms with E-state index in [2.05, 4.69) is 4.98 Å². The van der Waals surface area contributed by atoms with Gasteiger partial charge in [0.05, 0.1) is 11.2 Å². The van der Waals surface area contributed by atoms with Crippen molar-refractivity contribution in [3.8, 4) is 0 Å². The molecule has 0 saturated carbocycles. The van der Waals surface area contributed by atoms with Gasteiger partial charge in [0, 0.05) is 26.3 Å². The molecule has 2 heterocycles. The van der Waals surface area contributed by atoms with Crippen molar-refractivity contribution < 1.29 is 18.0 Å². The van der Waals surface area contributed by atoms with E-state index in [9.17, 15) is 18.0 Å². The van der Waals surface area contributed by atoms with E-state index >= 15 is 0 Å². The van der Waals surface area contributed by atoms with E-state index in [4.69, 9.17) is 5.73 Å². The Labute approximate surface area is 114 Å². The molecule has 1 fully saturated rings. The van der Waals surface area contributed by atoms with Crippen molar-refractivity contribution in [2.45, 2.75) is 31.5 Å². The third-order valence-electron chi connectivity index (χ3n) is 3.67. The summed E-state index contributed by atoms with van der Waals surface area (Å²) in [7, 11) is 1.79. The first-order chi connectivity index (χ1) is 9.13. The average molecular weight is 290 g/mol. The predicted octanol–water partition coefficient (Wildman–Crippen LogP) is 1.07. The molecule has 0 radical (unpaired) electrons. The van der Waals surface area contributed by atoms with Crippen LogP contribution in [0.1, 0.15) is 24.4 Å². The molecule has 5 nitrogen and oxygen atoms in total. The van der Waals surface area contributed by atoms with Crippen molar-refractivity contribution >= 4 is 5.91 Å². The summed E-state index contributed by atoms with van der Waals surface area (Å²) in [5.41, 5.74) is 5.70. The van der Waals surface area contributed by atoms with E-state index in [1.165, 1.54) is 0 Å². The van der Waals surface area contributed by atoms with E-state index < -0.39 is 17.6 Å². The molecule has 112 valence electrons. The van der Waals surface area contributed by atoms with Crippen LogP contribution in [-0.4, -0.2) is 39.6 Å². The maximum Gasteiger partial charge on any atom is 0.471 e. The van der Waals surface area contributed by atoms with E-state index in [1.807, 2.05) is 0 Å².